The maximum Gasteiger partial charge on any atom is 0.251 e. The summed E-state index contributed by atoms with van der Waals surface area (Å²) in [6, 6.07) is 5.77. The number of aliphatic hydroxyl groups is 1. The van der Waals surface area contributed by atoms with Crippen LogP contribution in [0.25, 0.3) is 0 Å². The van der Waals surface area contributed by atoms with E-state index in [1.54, 1.807) is 50.7 Å². The van der Waals surface area contributed by atoms with Crippen LogP contribution in [0.5, 0.6) is 0 Å². The summed E-state index contributed by atoms with van der Waals surface area (Å²) in [4.78, 5) is 48.7. The second kappa shape index (κ2) is 12.5. The molecule has 0 aliphatic carbocycles. The maximum atomic E-state index is 14.8. The third-order valence-corrected chi connectivity index (χ3v) is 11.2. The molecule has 1 spiro atoms. The summed E-state index contributed by atoms with van der Waals surface area (Å²) >= 11 is 8.23. The molecule has 0 saturated carbocycles. The number of nitrogens with zero attached hydrogens (tertiary/aromatic N) is 3. The summed E-state index contributed by atoms with van der Waals surface area (Å²) in [6.07, 6.45) is 6.08. The second-order valence-electron chi connectivity index (χ2n) is 12.2. The molecule has 0 aromatic heterocycles. The number of halogens is 1. The van der Waals surface area contributed by atoms with Crippen LogP contribution in [-0.4, -0.2) is 80.4 Å². The van der Waals surface area contributed by atoms with Crippen molar-refractivity contribution >= 4 is 46.8 Å². The van der Waals surface area contributed by atoms with Gasteiger partial charge in [0, 0.05) is 24.4 Å². The number of hydrogen-bond acceptors (Lipinski definition) is 5. The number of amides is 3. The van der Waals surface area contributed by atoms with Crippen LogP contribution in [0.2, 0.25) is 5.02 Å². The fourth-order valence-corrected chi connectivity index (χ4v) is 9.97. The lowest BCUT2D eigenvalue weighted by Gasteiger charge is -2.40. The van der Waals surface area contributed by atoms with E-state index in [1.165, 1.54) is 0 Å². The van der Waals surface area contributed by atoms with Gasteiger partial charge >= 0.3 is 0 Å². The number of carbonyl (C=O) groups is 3. The molecule has 1 aromatic carbocycles. The molecular weight excluding hydrogens is 558 g/mol. The Morgan fingerprint density at radius 1 is 1.20 bits per heavy atom. The Kier molecular flexibility index (Phi) is 9.66. The molecule has 7 nitrogen and oxygen atoms in total. The molecule has 9 heteroatoms. The van der Waals surface area contributed by atoms with Crippen molar-refractivity contribution in [3.8, 4) is 0 Å². The Labute approximate surface area is 254 Å². The summed E-state index contributed by atoms with van der Waals surface area (Å²) in [6.45, 7) is 16.9. The molecule has 3 saturated heterocycles. The number of hydrogen-bond donors (Lipinski definition) is 1. The number of anilines is 1. The first-order valence-corrected chi connectivity index (χ1v) is 15.9. The lowest BCUT2D eigenvalue weighted by atomic mass is 9.66. The first kappa shape index (κ1) is 31.6. The van der Waals surface area contributed by atoms with E-state index in [9.17, 15) is 19.5 Å². The number of rotatable bonds is 13. The van der Waals surface area contributed by atoms with Gasteiger partial charge in [-0.25, -0.2) is 0 Å². The summed E-state index contributed by atoms with van der Waals surface area (Å²) in [5.41, 5.74) is 0.548. The number of likely N-dealkylation sites (tertiary alicyclic amines) is 1. The average molecular weight is 602 g/mol. The largest absolute Gasteiger partial charge is 0.394 e. The van der Waals surface area contributed by atoms with Gasteiger partial charge in [0.05, 0.1) is 39.9 Å². The normalized spacial score (nSPS) is 29.0. The quantitative estimate of drug-likeness (QED) is 0.316. The Morgan fingerprint density at radius 3 is 2.46 bits per heavy atom. The van der Waals surface area contributed by atoms with Crippen LogP contribution in [-0.2, 0) is 14.4 Å². The van der Waals surface area contributed by atoms with E-state index in [-0.39, 0.29) is 36.8 Å². The van der Waals surface area contributed by atoms with E-state index in [0.29, 0.717) is 36.6 Å². The smallest absolute Gasteiger partial charge is 0.251 e. The lowest BCUT2D eigenvalue weighted by molar-refractivity contribution is -0.146. The van der Waals surface area contributed by atoms with Gasteiger partial charge in [-0.3, -0.25) is 14.4 Å². The first-order valence-electron chi connectivity index (χ1n) is 14.7. The number of thioether (sulfide) groups is 1. The highest BCUT2D eigenvalue weighted by atomic mass is 35.5. The molecule has 224 valence electrons. The summed E-state index contributed by atoms with van der Waals surface area (Å²) in [7, 11) is 0. The van der Waals surface area contributed by atoms with E-state index < -0.39 is 33.4 Å². The third-order valence-electron chi connectivity index (χ3n) is 8.94. The number of aliphatic hydroxyl groups excluding tert-OH is 1. The van der Waals surface area contributed by atoms with Crippen LogP contribution in [0.3, 0.4) is 0 Å². The highest BCUT2D eigenvalue weighted by Gasteiger charge is 2.78. The number of benzene rings is 1. The Hall–Kier alpha value is -2.29. The van der Waals surface area contributed by atoms with Crippen molar-refractivity contribution in [2.45, 2.75) is 75.0 Å². The van der Waals surface area contributed by atoms with Gasteiger partial charge in [-0.1, -0.05) is 56.7 Å². The van der Waals surface area contributed by atoms with Gasteiger partial charge in [0.25, 0.3) is 5.91 Å². The molecular formula is C32H44ClN3O4S. The van der Waals surface area contributed by atoms with Crippen LogP contribution in [0.1, 0.15) is 53.4 Å². The summed E-state index contributed by atoms with van der Waals surface area (Å²) in [5.74, 6) is -1.54. The van der Waals surface area contributed by atoms with Gasteiger partial charge in [0.1, 0.15) is 6.04 Å². The minimum atomic E-state index is -0.851. The van der Waals surface area contributed by atoms with E-state index in [1.807, 2.05) is 32.9 Å². The maximum absolute atomic E-state index is 14.8. The first-order chi connectivity index (χ1) is 19.5. The minimum Gasteiger partial charge on any atom is -0.394 e. The Morgan fingerprint density at radius 2 is 1.88 bits per heavy atom. The third kappa shape index (κ3) is 5.36. The van der Waals surface area contributed by atoms with Crippen molar-refractivity contribution in [1.82, 2.24) is 9.80 Å². The molecule has 3 heterocycles. The molecule has 0 radical (unpaired) electrons. The van der Waals surface area contributed by atoms with Gasteiger partial charge in [0.15, 0.2) is 0 Å². The Bertz CT molecular complexity index is 1190. The average Bonchev–Trinajstić information content (AvgIpc) is 3.50. The molecule has 41 heavy (non-hydrogen) atoms. The van der Waals surface area contributed by atoms with Crippen molar-refractivity contribution in [2.75, 3.05) is 31.1 Å². The van der Waals surface area contributed by atoms with E-state index in [0.717, 1.165) is 12.8 Å². The zero-order valence-electron chi connectivity index (χ0n) is 24.7. The van der Waals surface area contributed by atoms with E-state index in [4.69, 9.17) is 11.6 Å². The molecule has 2 bridgehead atoms. The molecule has 2 unspecified atom stereocenters. The van der Waals surface area contributed by atoms with Crippen LogP contribution in [0.4, 0.5) is 5.69 Å². The number of fused-ring (bicyclic) bond motifs is 1. The van der Waals surface area contributed by atoms with Gasteiger partial charge in [-0.2, -0.15) is 0 Å². The lowest BCUT2D eigenvalue weighted by Crippen LogP contribution is -2.58. The van der Waals surface area contributed by atoms with E-state index >= 15 is 0 Å². The topological polar surface area (TPSA) is 81.2 Å². The van der Waals surface area contributed by atoms with Gasteiger partial charge in [-0.05, 0) is 50.7 Å². The van der Waals surface area contributed by atoms with Crippen molar-refractivity contribution in [2.24, 2.45) is 17.8 Å². The standard InChI is InChI=1S/C32H44ClN3O4S/c1-7-16-34(17-8-2)28(38)25-26-29(39)36(22(20-37)19-21(4)5)27(32(26)15-14-31(25,6)41-32)30(40)35(18-9-3)24-13-11-10-12-23(24)33/h7,9-13,21-22,25-27,37H,1,3,8,14-20H2,2,4-6H3/t22-,25+,26+,27?,31-,32?/m1/s1. The minimum absolute atomic E-state index is 0.0480. The van der Waals surface area contributed by atoms with Gasteiger partial charge in [0.2, 0.25) is 11.8 Å². The van der Waals surface area contributed by atoms with Gasteiger partial charge in [-0.15, -0.1) is 24.9 Å². The highest BCUT2D eigenvalue weighted by Crippen LogP contribution is 2.72. The molecule has 1 N–H and O–H groups in total. The van der Waals surface area contributed by atoms with Crippen LogP contribution in [0.15, 0.2) is 49.6 Å². The predicted octanol–water partition coefficient (Wildman–Crippen LogP) is 5.17. The molecule has 1 aromatic rings. The van der Waals surface area contributed by atoms with Crippen LogP contribution in [0, 0.1) is 17.8 Å². The molecule has 3 amide bonds. The van der Waals surface area contributed by atoms with Crippen molar-refractivity contribution in [3.63, 3.8) is 0 Å². The fraction of sp³-hybridized carbons (Fsp3) is 0.594. The second-order valence-corrected chi connectivity index (χ2v) is 14.5. The zero-order chi connectivity index (χ0) is 30.1. The SMILES string of the molecule is C=CCN(CCC)C(=O)[C@@H]1[C@H]2C(=O)N([C@@H](CO)CC(C)C)C(C(=O)N(CC=C)c3ccccc3Cl)C23CC[C@@]1(C)S3. The van der Waals surface area contributed by atoms with Gasteiger partial charge < -0.3 is 19.8 Å². The molecule has 6 atom stereocenters. The van der Waals surface area contributed by atoms with Crippen molar-refractivity contribution < 1.29 is 19.5 Å². The molecule has 4 rings (SSSR count). The number of para-hydroxylation sites is 1. The Balaban J connectivity index is 1.87. The number of carbonyl (C=O) groups excluding carboxylic acids is 3. The predicted molar refractivity (Wildman–Crippen MR) is 167 cm³/mol. The zero-order valence-corrected chi connectivity index (χ0v) is 26.3. The summed E-state index contributed by atoms with van der Waals surface area (Å²) < 4.78 is -1.27. The fourth-order valence-electron chi connectivity index (χ4n) is 7.40. The molecule has 3 aliphatic heterocycles. The van der Waals surface area contributed by atoms with Crippen molar-refractivity contribution in [1.29, 1.82) is 0 Å². The molecule has 3 fully saturated rings. The highest BCUT2D eigenvalue weighted by molar-refractivity contribution is 8.02. The van der Waals surface area contributed by atoms with Crippen LogP contribution >= 0.6 is 23.4 Å². The molecule has 3 aliphatic rings. The van der Waals surface area contributed by atoms with Crippen LogP contribution < -0.4 is 4.90 Å². The van der Waals surface area contributed by atoms with Crippen molar-refractivity contribution in [3.05, 3.63) is 54.6 Å². The van der Waals surface area contributed by atoms with E-state index in [2.05, 4.69) is 20.1 Å². The monoisotopic (exact) mass is 601 g/mol. The summed E-state index contributed by atoms with van der Waals surface area (Å²) in [5, 5.41) is 11.0.